The van der Waals surface area contributed by atoms with Crippen LogP contribution in [0.1, 0.15) is 24.2 Å². The first-order valence-corrected chi connectivity index (χ1v) is 6.41. The molecule has 0 bridgehead atoms. The van der Waals surface area contributed by atoms with Crippen molar-refractivity contribution >= 4 is 5.69 Å². The summed E-state index contributed by atoms with van der Waals surface area (Å²) in [5.74, 6) is 0.703. The Morgan fingerprint density at radius 1 is 1.50 bits per heavy atom. The zero-order chi connectivity index (χ0) is 14.1. The summed E-state index contributed by atoms with van der Waals surface area (Å²) >= 11 is 0. The van der Waals surface area contributed by atoms with E-state index in [-0.39, 0.29) is 5.69 Å². The molecule has 1 fully saturated rings. The second-order valence-electron chi connectivity index (χ2n) is 4.89. The van der Waals surface area contributed by atoms with E-state index < -0.39 is 4.92 Å². The topological polar surface area (TPSA) is 98.8 Å². The average molecular weight is 274 g/mol. The molecule has 1 aromatic carbocycles. The van der Waals surface area contributed by atoms with Gasteiger partial charge >= 0.3 is 0 Å². The van der Waals surface area contributed by atoms with Crippen LogP contribution < -0.4 is 5.32 Å². The van der Waals surface area contributed by atoms with E-state index in [1.807, 2.05) is 6.92 Å². The molecular weight excluding hydrogens is 260 g/mol. The third-order valence-electron chi connectivity index (χ3n) is 3.28. The summed E-state index contributed by atoms with van der Waals surface area (Å²) in [4.78, 5) is 10.3. The Morgan fingerprint density at radius 3 is 2.95 bits per heavy atom. The monoisotopic (exact) mass is 274 g/mol. The van der Waals surface area contributed by atoms with Crippen molar-refractivity contribution in [2.24, 2.45) is 0 Å². The lowest BCUT2D eigenvalue weighted by Gasteiger charge is -2.08. The van der Waals surface area contributed by atoms with Gasteiger partial charge < -0.3 is 5.32 Å². The summed E-state index contributed by atoms with van der Waals surface area (Å²) < 4.78 is 1.62. The van der Waals surface area contributed by atoms with E-state index in [0.717, 1.165) is 11.3 Å². The number of tetrazole rings is 1. The largest absolute Gasteiger partial charge is 0.307 e. The molecule has 0 unspecified atom stereocenters. The molecule has 1 saturated carbocycles. The van der Waals surface area contributed by atoms with Gasteiger partial charge in [0.2, 0.25) is 0 Å². The summed E-state index contributed by atoms with van der Waals surface area (Å²) in [5, 5.41) is 25.7. The number of nitrogens with one attached hydrogen (secondary N) is 1. The van der Waals surface area contributed by atoms with Crippen LogP contribution in [-0.2, 0) is 6.54 Å². The van der Waals surface area contributed by atoms with E-state index in [4.69, 9.17) is 0 Å². The maximum atomic E-state index is 10.8. The predicted octanol–water partition coefficient (Wildman–Crippen LogP) is 1.13. The van der Waals surface area contributed by atoms with Crippen molar-refractivity contribution < 1.29 is 4.92 Å². The van der Waals surface area contributed by atoms with Crippen LogP contribution in [0.3, 0.4) is 0 Å². The number of nitro benzene ring substituents is 1. The molecule has 1 aliphatic rings. The third kappa shape index (κ3) is 2.50. The van der Waals surface area contributed by atoms with Crippen LogP contribution in [-0.4, -0.2) is 31.2 Å². The Labute approximate surface area is 114 Å². The van der Waals surface area contributed by atoms with Crippen LogP contribution in [0, 0.1) is 17.0 Å². The molecule has 0 radical (unpaired) electrons. The summed E-state index contributed by atoms with van der Waals surface area (Å²) in [7, 11) is 0. The van der Waals surface area contributed by atoms with Gasteiger partial charge in [-0.05, 0) is 41.8 Å². The summed E-state index contributed by atoms with van der Waals surface area (Å²) in [6.45, 7) is 2.40. The quantitative estimate of drug-likeness (QED) is 0.648. The van der Waals surface area contributed by atoms with Gasteiger partial charge in [0.05, 0.1) is 17.2 Å². The van der Waals surface area contributed by atoms with Gasteiger partial charge in [0.25, 0.3) is 5.69 Å². The van der Waals surface area contributed by atoms with Crippen molar-refractivity contribution in [1.82, 2.24) is 25.5 Å². The fourth-order valence-corrected chi connectivity index (χ4v) is 2.02. The summed E-state index contributed by atoms with van der Waals surface area (Å²) in [6, 6.07) is 5.22. The molecule has 1 heterocycles. The second kappa shape index (κ2) is 4.97. The zero-order valence-electron chi connectivity index (χ0n) is 11.0. The first kappa shape index (κ1) is 12.7. The van der Waals surface area contributed by atoms with Gasteiger partial charge in [0, 0.05) is 18.2 Å². The number of nitrogens with zero attached hydrogens (tertiary/aromatic N) is 5. The molecule has 1 N–H and O–H groups in total. The Bertz CT molecular complexity index is 649. The molecule has 1 aliphatic carbocycles. The molecule has 0 aliphatic heterocycles. The minimum absolute atomic E-state index is 0.0666. The van der Waals surface area contributed by atoms with Crippen LogP contribution >= 0.6 is 0 Å². The highest BCUT2D eigenvalue weighted by molar-refractivity contribution is 5.47. The molecule has 0 atom stereocenters. The minimum atomic E-state index is -0.411. The standard InChI is InChI=1S/C12H14N6O2/c1-8-6-10(18(19)20)4-5-11(8)17-12(14-15-16-17)7-13-9-2-3-9/h4-6,9,13H,2-3,7H2,1H3. The molecule has 0 saturated heterocycles. The van der Waals surface area contributed by atoms with E-state index in [9.17, 15) is 10.1 Å². The van der Waals surface area contributed by atoms with E-state index in [1.54, 1.807) is 10.7 Å². The molecule has 104 valence electrons. The highest BCUT2D eigenvalue weighted by Gasteiger charge is 2.22. The zero-order valence-corrected chi connectivity index (χ0v) is 11.0. The van der Waals surface area contributed by atoms with Gasteiger partial charge in [-0.2, -0.15) is 4.68 Å². The number of aryl methyl sites for hydroxylation is 1. The van der Waals surface area contributed by atoms with Gasteiger partial charge in [-0.15, -0.1) is 5.10 Å². The average Bonchev–Trinajstić information content (AvgIpc) is 3.14. The van der Waals surface area contributed by atoms with Crippen molar-refractivity contribution in [2.75, 3.05) is 0 Å². The molecule has 2 aromatic rings. The van der Waals surface area contributed by atoms with Crippen LogP contribution in [0.4, 0.5) is 5.69 Å². The van der Waals surface area contributed by atoms with Crippen molar-refractivity contribution in [3.8, 4) is 5.69 Å². The molecule has 20 heavy (non-hydrogen) atoms. The molecule has 0 spiro atoms. The molecular formula is C12H14N6O2. The van der Waals surface area contributed by atoms with Crippen molar-refractivity contribution in [3.05, 3.63) is 39.7 Å². The lowest BCUT2D eigenvalue weighted by atomic mass is 10.2. The lowest BCUT2D eigenvalue weighted by Crippen LogP contribution is -2.19. The van der Waals surface area contributed by atoms with E-state index in [1.165, 1.54) is 25.0 Å². The number of hydrogen-bond acceptors (Lipinski definition) is 6. The summed E-state index contributed by atoms with van der Waals surface area (Å²) in [6.07, 6.45) is 2.39. The number of benzene rings is 1. The van der Waals surface area contributed by atoms with Crippen molar-refractivity contribution in [1.29, 1.82) is 0 Å². The fourth-order valence-electron chi connectivity index (χ4n) is 2.02. The smallest absolute Gasteiger partial charge is 0.269 e. The third-order valence-corrected chi connectivity index (χ3v) is 3.28. The van der Waals surface area contributed by atoms with Crippen LogP contribution in [0.2, 0.25) is 0 Å². The van der Waals surface area contributed by atoms with Crippen LogP contribution in [0.25, 0.3) is 5.69 Å². The first-order valence-electron chi connectivity index (χ1n) is 6.41. The van der Waals surface area contributed by atoms with Gasteiger partial charge in [0.15, 0.2) is 5.82 Å². The molecule has 8 heteroatoms. The lowest BCUT2D eigenvalue weighted by molar-refractivity contribution is -0.384. The fraction of sp³-hybridized carbons (Fsp3) is 0.417. The second-order valence-corrected chi connectivity index (χ2v) is 4.89. The normalized spacial score (nSPS) is 14.4. The van der Waals surface area contributed by atoms with Crippen LogP contribution in [0.5, 0.6) is 0 Å². The molecule has 0 amide bonds. The summed E-state index contributed by atoms with van der Waals surface area (Å²) in [5.41, 5.74) is 1.59. The molecule has 1 aromatic heterocycles. The number of aromatic nitrogens is 4. The Kier molecular flexibility index (Phi) is 3.15. The highest BCUT2D eigenvalue weighted by atomic mass is 16.6. The maximum absolute atomic E-state index is 10.8. The van der Waals surface area contributed by atoms with Crippen molar-refractivity contribution in [2.45, 2.75) is 32.4 Å². The van der Waals surface area contributed by atoms with Gasteiger partial charge in [-0.1, -0.05) is 0 Å². The van der Waals surface area contributed by atoms with E-state index >= 15 is 0 Å². The van der Waals surface area contributed by atoms with E-state index in [0.29, 0.717) is 18.4 Å². The Hall–Kier alpha value is -2.35. The number of hydrogen-bond donors (Lipinski definition) is 1. The SMILES string of the molecule is Cc1cc([N+](=O)[O-])ccc1-n1nnnc1CNC1CC1. The Balaban J connectivity index is 1.88. The van der Waals surface area contributed by atoms with Crippen LogP contribution in [0.15, 0.2) is 18.2 Å². The van der Waals surface area contributed by atoms with Gasteiger partial charge in [-0.25, -0.2) is 0 Å². The van der Waals surface area contributed by atoms with Gasteiger partial charge in [0.1, 0.15) is 0 Å². The first-order chi connectivity index (χ1) is 9.65. The highest BCUT2D eigenvalue weighted by Crippen LogP contribution is 2.21. The molecule has 8 nitrogen and oxygen atoms in total. The number of rotatable bonds is 5. The Morgan fingerprint density at radius 2 is 2.30 bits per heavy atom. The van der Waals surface area contributed by atoms with Gasteiger partial charge in [-0.3, -0.25) is 10.1 Å². The number of nitro groups is 1. The van der Waals surface area contributed by atoms with E-state index in [2.05, 4.69) is 20.8 Å². The number of non-ortho nitro benzene ring substituents is 1. The predicted molar refractivity (Wildman–Crippen MR) is 70.4 cm³/mol. The molecule has 3 rings (SSSR count). The minimum Gasteiger partial charge on any atom is -0.307 e. The van der Waals surface area contributed by atoms with Crippen molar-refractivity contribution in [3.63, 3.8) is 0 Å². The maximum Gasteiger partial charge on any atom is 0.269 e.